The number of nitriles is 1. The van der Waals surface area contributed by atoms with Crippen LogP contribution in [0.3, 0.4) is 0 Å². The third-order valence-electron chi connectivity index (χ3n) is 3.18. The Kier molecular flexibility index (Phi) is 3.71. The third-order valence-corrected chi connectivity index (χ3v) is 4.58. The van der Waals surface area contributed by atoms with Crippen LogP contribution in [0.5, 0.6) is 11.5 Å². The Bertz CT molecular complexity index is 856. The monoisotopic (exact) mass is 316 g/mol. The van der Waals surface area contributed by atoms with Crippen molar-refractivity contribution in [1.29, 1.82) is 5.26 Å². The predicted octanol–water partition coefficient (Wildman–Crippen LogP) is 1.77. The molecule has 1 heterocycles. The fourth-order valence-corrected chi connectivity index (χ4v) is 3.11. The summed E-state index contributed by atoms with van der Waals surface area (Å²) < 4.78 is 37.4. The normalized spacial score (nSPS) is 12.9. The van der Waals surface area contributed by atoms with Gasteiger partial charge in [0.05, 0.1) is 16.5 Å². The van der Waals surface area contributed by atoms with Crippen LogP contribution in [0.2, 0.25) is 0 Å². The molecule has 1 N–H and O–H groups in total. The summed E-state index contributed by atoms with van der Waals surface area (Å²) in [5.74, 6) is 1.25. The van der Waals surface area contributed by atoms with E-state index < -0.39 is 10.0 Å². The van der Waals surface area contributed by atoms with Crippen molar-refractivity contribution in [2.75, 3.05) is 6.79 Å². The second kappa shape index (κ2) is 5.67. The first-order valence-corrected chi connectivity index (χ1v) is 7.95. The van der Waals surface area contributed by atoms with E-state index in [1.54, 1.807) is 24.3 Å². The van der Waals surface area contributed by atoms with Crippen molar-refractivity contribution in [2.24, 2.45) is 0 Å². The molecule has 0 amide bonds. The Morgan fingerprint density at radius 2 is 1.95 bits per heavy atom. The fraction of sp³-hybridized carbons (Fsp3) is 0.133. The van der Waals surface area contributed by atoms with Gasteiger partial charge in [0.2, 0.25) is 16.8 Å². The van der Waals surface area contributed by atoms with Gasteiger partial charge in [-0.15, -0.1) is 0 Å². The average molecular weight is 316 g/mol. The molecule has 0 spiro atoms. The largest absolute Gasteiger partial charge is 0.454 e. The van der Waals surface area contributed by atoms with Crippen LogP contribution in [0.4, 0.5) is 0 Å². The Morgan fingerprint density at radius 3 is 2.77 bits per heavy atom. The topological polar surface area (TPSA) is 88.4 Å². The minimum Gasteiger partial charge on any atom is -0.454 e. The standard InChI is InChI=1S/C15H12N2O4S/c16-8-11-2-1-3-13(6-11)22(18,19)17-9-12-4-5-14-15(7-12)21-10-20-14/h1-7,17H,9-10H2. The lowest BCUT2D eigenvalue weighted by Gasteiger charge is -2.07. The van der Waals surface area contributed by atoms with Crippen molar-refractivity contribution in [2.45, 2.75) is 11.4 Å². The number of hydrogen-bond acceptors (Lipinski definition) is 5. The first kappa shape index (κ1) is 14.4. The lowest BCUT2D eigenvalue weighted by Crippen LogP contribution is -2.23. The van der Waals surface area contributed by atoms with E-state index in [1.807, 2.05) is 6.07 Å². The maximum atomic E-state index is 12.2. The highest BCUT2D eigenvalue weighted by atomic mass is 32.2. The first-order valence-electron chi connectivity index (χ1n) is 6.47. The predicted molar refractivity (Wildman–Crippen MR) is 77.7 cm³/mol. The SMILES string of the molecule is N#Cc1cccc(S(=O)(=O)NCc2ccc3c(c2)OCO3)c1. The van der Waals surface area contributed by atoms with Crippen LogP contribution in [-0.4, -0.2) is 15.2 Å². The minimum atomic E-state index is -3.68. The van der Waals surface area contributed by atoms with E-state index in [4.69, 9.17) is 14.7 Å². The number of nitrogens with zero attached hydrogens (tertiary/aromatic N) is 1. The van der Waals surface area contributed by atoms with Gasteiger partial charge >= 0.3 is 0 Å². The van der Waals surface area contributed by atoms with Gasteiger partial charge in [-0.1, -0.05) is 12.1 Å². The zero-order chi connectivity index (χ0) is 15.6. The Morgan fingerprint density at radius 1 is 1.14 bits per heavy atom. The van der Waals surface area contributed by atoms with Crippen LogP contribution in [-0.2, 0) is 16.6 Å². The van der Waals surface area contributed by atoms with E-state index in [0.29, 0.717) is 17.1 Å². The van der Waals surface area contributed by atoms with Gasteiger partial charge in [0.25, 0.3) is 0 Å². The molecule has 0 fully saturated rings. The zero-order valence-electron chi connectivity index (χ0n) is 11.4. The molecule has 22 heavy (non-hydrogen) atoms. The summed E-state index contributed by atoms with van der Waals surface area (Å²) in [6.45, 7) is 0.293. The number of nitrogens with one attached hydrogen (secondary N) is 1. The van der Waals surface area contributed by atoms with Crippen LogP contribution < -0.4 is 14.2 Å². The molecule has 0 saturated heterocycles. The van der Waals surface area contributed by atoms with E-state index in [1.165, 1.54) is 18.2 Å². The van der Waals surface area contributed by atoms with Crippen LogP contribution in [0.1, 0.15) is 11.1 Å². The van der Waals surface area contributed by atoms with Gasteiger partial charge in [0, 0.05) is 6.54 Å². The molecule has 6 nitrogen and oxygen atoms in total. The molecule has 0 aliphatic carbocycles. The van der Waals surface area contributed by atoms with E-state index >= 15 is 0 Å². The van der Waals surface area contributed by atoms with Gasteiger partial charge in [-0.05, 0) is 35.9 Å². The van der Waals surface area contributed by atoms with Gasteiger partial charge in [-0.2, -0.15) is 5.26 Å². The Labute approximate surface area is 128 Å². The van der Waals surface area contributed by atoms with Gasteiger partial charge in [-0.3, -0.25) is 0 Å². The lowest BCUT2D eigenvalue weighted by molar-refractivity contribution is 0.174. The molecule has 0 bridgehead atoms. The molecule has 7 heteroatoms. The molecule has 0 atom stereocenters. The van der Waals surface area contributed by atoms with Crippen LogP contribution in [0.15, 0.2) is 47.4 Å². The van der Waals surface area contributed by atoms with E-state index in [0.717, 1.165) is 5.56 Å². The van der Waals surface area contributed by atoms with Crippen molar-refractivity contribution < 1.29 is 17.9 Å². The highest BCUT2D eigenvalue weighted by molar-refractivity contribution is 7.89. The van der Waals surface area contributed by atoms with E-state index in [-0.39, 0.29) is 18.2 Å². The summed E-state index contributed by atoms with van der Waals surface area (Å²) in [5.41, 5.74) is 1.05. The molecular formula is C15H12N2O4S. The molecule has 2 aromatic rings. The van der Waals surface area contributed by atoms with Crippen molar-refractivity contribution in [3.05, 3.63) is 53.6 Å². The van der Waals surface area contributed by atoms with Crippen molar-refractivity contribution >= 4 is 10.0 Å². The third kappa shape index (κ3) is 2.88. The number of benzene rings is 2. The van der Waals surface area contributed by atoms with E-state index in [9.17, 15) is 8.42 Å². The Balaban J connectivity index is 1.76. The molecule has 0 radical (unpaired) electrons. The number of rotatable bonds is 4. The van der Waals surface area contributed by atoms with Crippen LogP contribution in [0, 0.1) is 11.3 Å². The zero-order valence-corrected chi connectivity index (χ0v) is 12.3. The highest BCUT2D eigenvalue weighted by Crippen LogP contribution is 2.32. The summed E-state index contributed by atoms with van der Waals surface area (Å²) in [6.07, 6.45) is 0. The molecule has 0 unspecified atom stereocenters. The molecule has 1 aliphatic heterocycles. The smallest absolute Gasteiger partial charge is 0.240 e. The summed E-state index contributed by atoms with van der Waals surface area (Å²) in [4.78, 5) is 0.0623. The number of ether oxygens (including phenoxy) is 2. The minimum absolute atomic E-state index is 0.0623. The second-order valence-corrected chi connectivity index (χ2v) is 6.42. The number of hydrogen-bond donors (Lipinski definition) is 1. The summed E-state index contributed by atoms with van der Waals surface area (Å²) >= 11 is 0. The highest BCUT2D eigenvalue weighted by Gasteiger charge is 2.16. The second-order valence-electron chi connectivity index (χ2n) is 4.65. The van der Waals surface area contributed by atoms with Crippen molar-refractivity contribution in [3.63, 3.8) is 0 Å². The van der Waals surface area contributed by atoms with Crippen molar-refractivity contribution in [1.82, 2.24) is 4.72 Å². The lowest BCUT2D eigenvalue weighted by atomic mass is 10.2. The summed E-state index contributed by atoms with van der Waals surface area (Å²) in [5, 5.41) is 8.83. The summed E-state index contributed by atoms with van der Waals surface area (Å²) in [6, 6.07) is 13.0. The molecule has 1 aliphatic rings. The first-order chi connectivity index (χ1) is 10.6. The molecule has 112 valence electrons. The Hall–Kier alpha value is -2.56. The van der Waals surface area contributed by atoms with Gasteiger partial charge < -0.3 is 9.47 Å². The van der Waals surface area contributed by atoms with Crippen molar-refractivity contribution in [3.8, 4) is 17.6 Å². The molecule has 0 aromatic heterocycles. The van der Waals surface area contributed by atoms with E-state index in [2.05, 4.69) is 4.72 Å². The van der Waals surface area contributed by atoms with Crippen LogP contribution in [0.25, 0.3) is 0 Å². The quantitative estimate of drug-likeness (QED) is 0.928. The maximum absolute atomic E-state index is 12.2. The average Bonchev–Trinajstić information content (AvgIpc) is 3.00. The van der Waals surface area contributed by atoms with Gasteiger partial charge in [-0.25, -0.2) is 13.1 Å². The van der Waals surface area contributed by atoms with Gasteiger partial charge in [0.15, 0.2) is 11.5 Å². The molecule has 0 saturated carbocycles. The molecule has 2 aromatic carbocycles. The molecule has 3 rings (SSSR count). The number of fused-ring (bicyclic) bond motifs is 1. The summed E-state index contributed by atoms with van der Waals surface area (Å²) in [7, 11) is -3.68. The van der Waals surface area contributed by atoms with Crippen LogP contribution >= 0.6 is 0 Å². The molecular weight excluding hydrogens is 304 g/mol. The maximum Gasteiger partial charge on any atom is 0.240 e. The number of sulfonamides is 1. The van der Waals surface area contributed by atoms with Gasteiger partial charge in [0.1, 0.15) is 0 Å². The fourth-order valence-electron chi connectivity index (χ4n) is 2.05.